The van der Waals surface area contributed by atoms with Gasteiger partial charge >= 0.3 is 6.09 Å². The van der Waals surface area contributed by atoms with Crippen LogP contribution in [-0.4, -0.2) is 41.7 Å². The van der Waals surface area contributed by atoms with Crippen LogP contribution in [0.3, 0.4) is 0 Å². The van der Waals surface area contributed by atoms with Crippen LogP contribution in [0.15, 0.2) is 50.7 Å². The number of hydrogen-bond donors (Lipinski definition) is 3. The number of alkyl halides is 1. The van der Waals surface area contributed by atoms with Crippen molar-refractivity contribution < 1.29 is 23.4 Å². The zero-order valence-electron chi connectivity index (χ0n) is 17.7. The van der Waals surface area contributed by atoms with Crippen molar-refractivity contribution in [3.8, 4) is 0 Å². The molecule has 3 atom stereocenters. The van der Waals surface area contributed by atoms with Crippen molar-refractivity contribution in [2.24, 2.45) is 0 Å². The van der Waals surface area contributed by atoms with Crippen LogP contribution >= 0.6 is 31.9 Å². The number of ether oxygens (including phenoxy) is 1. The lowest BCUT2D eigenvalue weighted by molar-refractivity contribution is 0.0421. The fourth-order valence-electron chi connectivity index (χ4n) is 3.11. The van der Waals surface area contributed by atoms with Gasteiger partial charge in [-0.3, -0.25) is 0 Å². The predicted octanol–water partition coefficient (Wildman–Crippen LogP) is 5.47. The third-order valence-electron chi connectivity index (χ3n) is 4.45. The summed E-state index contributed by atoms with van der Waals surface area (Å²) in [7, 11) is 0. The first-order valence-corrected chi connectivity index (χ1v) is 11.5. The first-order valence-electron chi connectivity index (χ1n) is 9.96. The van der Waals surface area contributed by atoms with Crippen LogP contribution in [0.2, 0.25) is 0 Å². The molecule has 1 aromatic rings. The molecule has 0 bridgehead atoms. The molecule has 3 N–H and O–H groups in total. The Bertz CT molecular complexity index is 841. The molecule has 9 heteroatoms. The van der Waals surface area contributed by atoms with Gasteiger partial charge in [-0.2, -0.15) is 0 Å². The Morgan fingerprint density at radius 1 is 1.32 bits per heavy atom. The third kappa shape index (κ3) is 9.39. The second-order valence-electron chi connectivity index (χ2n) is 8.48. The topological polar surface area (TPSA) is 70.6 Å². The highest BCUT2D eigenvalue weighted by atomic mass is 79.9. The standard InChI is InChI=1S/C22H28Br2F2N2O3/c1-22(2,3)31-21(30)28-19(9-14-6-15(25)10-16(26)7-14)20(29)12-27-11-13-4-5-17(23)18(24)8-13/h4-6,8,10,16,19-20,27,29H,7,9,11-12H2,1-3H3,(H,28,30)/t16?,19?,20-/m1/s1. The molecule has 0 radical (unpaired) electrons. The number of aliphatic hydroxyl groups excluding tert-OH is 1. The predicted molar refractivity (Wildman–Crippen MR) is 124 cm³/mol. The molecule has 0 fully saturated rings. The van der Waals surface area contributed by atoms with Crippen molar-refractivity contribution >= 4 is 38.0 Å². The number of benzene rings is 1. The molecule has 31 heavy (non-hydrogen) atoms. The second-order valence-corrected chi connectivity index (χ2v) is 10.2. The molecule has 0 aliphatic heterocycles. The molecular formula is C22H28Br2F2N2O3. The minimum Gasteiger partial charge on any atom is -0.444 e. The largest absolute Gasteiger partial charge is 0.444 e. The van der Waals surface area contributed by atoms with Gasteiger partial charge in [0.2, 0.25) is 0 Å². The number of halogens is 4. The van der Waals surface area contributed by atoms with Crippen LogP contribution in [0.25, 0.3) is 0 Å². The Morgan fingerprint density at radius 2 is 2.03 bits per heavy atom. The van der Waals surface area contributed by atoms with E-state index < -0.39 is 35.8 Å². The normalized spacial score (nSPS) is 18.6. The summed E-state index contributed by atoms with van der Waals surface area (Å²) < 4.78 is 34.5. The van der Waals surface area contributed by atoms with Gasteiger partial charge in [-0.1, -0.05) is 11.6 Å². The smallest absolute Gasteiger partial charge is 0.407 e. The Kier molecular flexibility index (Phi) is 9.66. The van der Waals surface area contributed by atoms with E-state index in [0.717, 1.165) is 20.6 Å². The van der Waals surface area contributed by atoms with Crippen LogP contribution in [0.5, 0.6) is 0 Å². The average molecular weight is 566 g/mol. The summed E-state index contributed by atoms with van der Waals surface area (Å²) in [5.41, 5.74) is 0.765. The fourth-order valence-corrected chi connectivity index (χ4v) is 3.78. The third-order valence-corrected chi connectivity index (χ3v) is 6.33. The Morgan fingerprint density at radius 3 is 2.65 bits per heavy atom. The summed E-state index contributed by atoms with van der Waals surface area (Å²) in [5, 5.41) is 16.5. The van der Waals surface area contributed by atoms with Crippen LogP contribution < -0.4 is 10.6 Å². The van der Waals surface area contributed by atoms with Gasteiger partial charge in [0.05, 0.1) is 12.1 Å². The van der Waals surface area contributed by atoms with Crippen molar-refractivity contribution in [2.75, 3.05) is 6.54 Å². The van der Waals surface area contributed by atoms with Crippen molar-refractivity contribution in [2.45, 2.75) is 64.1 Å². The first-order chi connectivity index (χ1) is 14.4. The molecule has 2 unspecified atom stereocenters. The van der Waals surface area contributed by atoms with E-state index in [4.69, 9.17) is 4.74 Å². The van der Waals surface area contributed by atoms with Gasteiger partial charge in [-0.05, 0) is 88.9 Å². The SMILES string of the molecule is CC(C)(C)OC(=O)NC(CC1=CC(F)=CC(F)C1)[C@H](O)CNCc1ccc(Br)c(Br)c1. The summed E-state index contributed by atoms with van der Waals surface area (Å²) in [5.74, 6) is -0.654. The number of alkyl carbamates (subject to hydrolysis) is 1. The van der Waals surface area contributed by atoms with E-state index in [1.165, 1.54) is 6.08 Å². The van der Waals surface area contributed by atoms with Gasteiger partial charge in [0, 0.05) is 28.5 Å². The van der Waals surface area contributed by atoms with Crippen molar-refractivity contribution in [1.82, 2.24) is 10.6 Å². The van der Waals surface area contributed by atoms with E-state index >= 15 is 0 Å². The second kappa shape index (κ2) is 11.5. The molecule has 2 rings (SSSR count). The Hall–Kier alpha value is -1.29. The van der Waals surface area contributed by atoms with Crippen molar-refractivity contribution in [1.29, 1.82) is 0 Å². The maximum absolute atomic E-state index is 13.7. The summed E-state index contributed by atoms with van der Waals surface area (Å²) in [4.78, 5) is 12.3. The van der Waals surface area contributed by atoms with E-state index in [0.29, 0.717) is 12.1 Å². The van der Waals surface area contributed by atoms with Crippen LogP contribution in [-0.2, 0) is 11.3 Å². The van der Waals surface area contributed by atoms with Gasteiger partial charge in [0.25, 0.3) is 0 Å². The molecule has 0 saturated heterocycles. The molecule has 0 aromatic heterocycles. The van der Waals surface area contributed by atoms with Gasteiger partial charge in [0.15, 0.2) is 0 Å². The summed E-state index contributed by atoms with van der Waals surface area (Å²) in [6.45, 7) is 5.85. The first kappa shape index (κ1) is 26.0. The number of amides is 1. The van der Waals surface area contributed by atoms with E-state index in [2.05, 4.69) is 42.5 Å². The quantitative estimate of drug-likeness (QED) is 0.391. The molecule has 1 amide bonds. The van der Waals surface area contributed by atoms with E-state index in [1.807, 2.05) is 18.2 Å². The highest BCUT2D eigenvalue weighted by Crippen LogP contribution is 2.26. The molecule has 1 aliphatic rings. The summed E-state index contributed by atoms with van der Waals surface area (Å²) in [6, 6.07) is 5.02. The molecule has 0 spiro atoms. The fraction of sp³-hybridized carbons (Fsp3) is 0.500. The monoisotopic (exact) mass is 564 g/mol. The van der Waals surface area contributed by atoms with E-state index in [1.54, 1.807) is 20.8 Å². The number of allylic oxidation sites excluding steroid dienone is 3. The van der Waals surface area contributed by atoms with Crippen LogP contribution in [0, 0.1) is 0 Å². The number of carbonyl (C=O) groups excluding carboxylic acids is 1. The van der Waals surface area contributed by atoms with E-state index in [9.17, 15) is 18.7 Å². The minimum absolute atomic E-state index is 0.0208. The minimum atomic E-state index is -1.42. The van der Waals surface area contributed by atoms with Gasteiger partial charge in [-0.25, -0.2) is 13.6 Å². The summed E-state index contributed by atoms with van der Waals surface area (Å²) in [6.07, 6.45) is -0.834. The molecule has 1 aliphatic carbocycles. The summed E-state index contributed by atoms with van der Waals surface area (Å²) >= 11 is 6.87. The number of carbonyl (C=O) groups is 1. The maximum Gasteiger partial charge on any atom is 0.407 e. The highest BCUT2D eigenvalue weighted by Gasteiger charge is 2.27. The number of nitrogens with one attached hydrogen (secondary N) is 2. The maximum atomic E-state index is 13.7. The van der Waals surface area contributed by atoms with Crippen molar-refractivity contribution in [3.63, 3.8) is 0 Å². The van der Waals surface area contributed by atoms with Gasteiger partial charge in [0.1, 0.15) is 17.6 Å². The number of aliphatic hydroxyl groups is 1. The van der Waals surface area contributed by atoms with Crippen LogP contribution in [0.1, 0.15) is 39.2 Å². The Labute approximate surface area is 198 Å². The van der Waals surface area contributed by atoms with Gasteiger partial charge in [-0.15, -0.1) is 0 Å². The molecule has 5 nitrogen and oxygen atoms in total. The zero-order chi connectivity index (χ0) is 23.2. The lowest BCUT2D eigenvalue weighted by Gasteiger charge is -2.28. The highest BCUT2D eigenvalue weighted by molar-refractivity contribution is 9.13. The Balaban J connectivity index is 2.02. The van der Waals surface area contributed by atoms with Crippen molar-refractivity contribution in [3.05, 3.63) is 56.3 Å². The van der Waals surface area contributed by atoms with Crippen LogP contribution in [0.4, 0.5) is 13.6 Å². The molecule has 0 saturated carbocycles. The lowest BCUT2D eigenvalue weighted by Crippen LogP contribution is -2.49. The van der Waals surface area contributed by atoms with E-state index in [-0.39, 0.29) is 19.4 Å². The van der Waals surface area contributed by atoms with Gasteiger partial charge < -0.3 is 20.5 Å². The average Bonchev–Trinajstić information content (AvgIpc) is 2.61. The number of rotatable bonds is 8. The number of hydrogen-bond acceptors (Lipinski definition) is 4. The lowest BCUT2D eigenvalue weighted by atomic mass is 9.94. The molecule has 172 valence electrons. The molecule has 0 heterocycles. The molecule has 1 aromatic carbocycles. The zero-order valence-corrected chi connectivity index (χ0v) is 20.9. The molecular weight excluding hydrogens is 538 g/mol.